The summed E-state index contributed by atoms with van der Waals surface area (Å²) in [5.74, 6) is -0.822. The Kier molecular flexibility index (Phi) is 6.51. The molecule has 0 spiro atoms. The molecule has 0 unspecified atom stereocenters. The second-order valence-corrected chi connectivity index (χ2v) is 9.45. The fraction of sp³-hybridized carbons (Fsp3) is 0.292. The molecule has 0 aliphatic carbocycles. The summed E-state index contributed by atoms with van der Waals surface area (Å²) in [7, 11) is 0. The van der Waals surface area contributed by atoms with E-state index in [1.54, 1.807) is 35.2 Å². The van der Waals surface area contributed by atoms with Crippen LogP contribution >= 0.6 is 11.3 Å². The van der Waals surface area contributed by atoms with Gasteiger partial charge in [0.15, 0.2) is 11.5 Å². The summed E-state index contributed by atoms with van der Waals surface area (Å²) >= 11 is 0.897. The number of ether oxygens (including phenoxy) is 2. The van der Waals surface area contributed by atoms with E-state index in [4.69, 9.17) is 9.47 Å². The van der Waals surface area contributed by atoms with E-state index in [9.17, 15) is 18.8 Å². The Hall–Kier alpha value is -4.06. The van der Waals surface area contributed by atoms with Gasteiger partial charge in [-0.15, -0.1) is 10.2 Å². The number of rotatable bonds is 5. The molecule has 5 rings (SSSR count). The number of aryl methyl sites for hydroxylation is 1. The van der Waals surface area contributed by atoms with Gasteiger partial charge in [0.1, 0.15) is 5.82 Å². The van der Waals surface area contributed by atoms with Crippen LogP contribution in [0, 0.1) is 18.7 Å². The largest absolute Gasteiger partial charge is 0.454 e. The number of halogens is 1. The molecule has 3 amide bonds. The minimum absolute atomic E-state index is 0.0467. The molecule has 0 bridgehead atoms. The number of likely N-dealkylation sites (tertiary alicyclic amines) is 1. The van der Waals surface area contributed by atoms with Crippen molar-refractivity contribution in [3.63, 3.8) is 0 Å². The molecule has 3 heterocycles. The molecule has 12 heteroatoms. The van der Waals surface area contributed by atoms with Crippen LogP contribution in [0.25, 0.3) is 0 Å². The van der Waals surface area contributed by atoms with Crippen molar-refractivity contribution >= 4 is 40.4 Å². The van der Waals surface area contributed by atoms with Gasteiger partial charge in [-0.2, -0.15) is 0 Å². The van der Waals surface area contributed by atoms with Gasteiger partial charge in [-0.05, 0) is 49.6 Å². The van der Waals surface area contributed by atoms with Gasteiger partial charge in [0.25, 0.3) is 11.8 Å². The van der Waals surface area contributed by atoms with Crippen molar-refractivity contribution < 1.29 is 28.2 Å². The van der Waals surface area contributed by atoms with Crippen LogP contribution in [0.4, 0.5) is 15.8 Å². The topological polar surface area (TPSA) is 123 Å². The number of carbonyl (C=O) groups is 3. The highest BCUT2D eigenvalue weighted by Gasteiger charge is 2.30. The van der Waals surface area contributed by atoms with Crippen molar-refractivity contribution in [2.75, 3.05) is 30.5 Å². The Balaban J connectivity index is 1.15. The predicted molar refractivity (Wildman–Crippen MR) is 129 cm³/mol. The maximum Gasteiger partial charge on any atom is 0.286 e. The third-order valence-corrected chi connectivity index (χ3v) is 6.88. The molecule has 2 aliphatic rings. The van der Waals surface area contributed by atoms with Crippen LogP contribution in [0.1, 0.15) is 38.0 Å². The first-order chi connectivity index (χ1) is 17.4. The van der Waals surface area contributed by atoms with Gasteiger partial charge in [-0.25, -0.2) is 4.39 Å². The molecule has 10 nitrogen and oxygen atoms in total. The molecule has 1 saturated heterocycles. The van der Waals surface area contributed by atoms with Crippen LogP contribution in [-0.2, 0) is 4.79 Å². The third kappa shape index (κ3) is 4.98. The van der Waals surface area contributed by atoms with E-state index in [1.165, 1.54) is 6.07 Å². The average molecular weight is 512 g/mol. The first kappa shape index (κ1) is 23.7. The number of hydrogen-bond donors (Lipinski definition) is 2. The maximum atomic E-state index is 14.0. The number of anilines is 2. The third-order valence-electron chi connectivity index (χ3n) is 5.97. The molecule has 1 fully saturated rings. The Morgan fingerprint density at radius 3 is 2.56 bits per heavy atom. The predicted octanol–water partition coefficient (Wildman–Crippen LogP) is 3.46. The van der Waals surface area contributed by atoms with Crippen molar-refractivity contribution in [3.05, 3.63) is 57.8 Å². The molecule has 0 radical (unpaired) electrons. The number of nitrogens with one attached hydrogen (secondary N) is 2. The van der Waals surface area contributed by atoms with E-state index in [1.807, 2.05) is 6.92 Å². The Morgan fingerprint density at radius 2 is 1.75 bits per heavy atom. The maximum absolute atomic E-state index is 14.0. The lowest BCUT2D eigenvalue weighted by atomic mass is 9.95. The average Bonchev–Trinajstić information content (AvgIpc) is 3.56. The van der Waals surface area contributed by atoms with Gasteiger partial charge in [-0.1, -0.05) is 17.4 Å². The van der Waals surface area contributed by atoms with Crippen LogP contribution < -0.4 is 20.1 Å². The zero-order valence-electron chi connectivity index (χ0n) is 19.2. The Morgan fingerprint density at radius 1 is 1.00 bits per heavy atom. The second kappa shape index (κ2) is 9.90. The number of fused-ring (bicyclic) bond motifs is 1. The molecule has 2 N–H and O–H groups in total. The lowest BCUT2D eigenvalue weighted by Gasteiger charge is -2.30. The molecular weight excluding hydrogens is 489 g/mol. The van der Waals surface area contributed by atoms with E-state index in [-0.39, 0.29) is 40.2 Å². The van der Waals surface area contributed by atoms with Crippen molar-refractivity contribution in [1.29, 1.82) is 0 Å². The van der Waals surface area contributed by atoms with E-state index in [0.717, 1.165) is 16.9 Å². The molecule has 186 valence electrons. The summed E-state index contributed by atoms with van der Waals surface area (Å²) in [6.45, 7) is 2.62. The number of carbonyl (C=O) groups excluding carboxylic acids is 3. The number of hydrogen-bond acceptors (Lipinski definition) is 8. The highest BCUT2D eigenvalue weighted by molar-refractivity contribution is 7.15. The Bertz CT molecular complexity index is 1340. The van der Waals surface area contributed by atoms with E-state index >= 15 is 0 Å². The van der Waals surface area contributed by atoms with Crippen LogP contribution in [0.2, 0.25) is 0 Å². The summed E-state index contributed by atoms with van der Waals surface area (Å²) < 4.78 is 24.5. The summed E-state index contributed by atoms with van der Waals surface area (Å²) in [6, 6.07) is 9.54. The standard InChI is InChI=1S/C24H22FN5O5S/c1-13-2-4-16(25)17(10-13)27-20(31)14-6-8-30(9-7-14)24(33)23-29-28-22(36-23)21(32)26-15-3-5-18-19(11-15)35-12-34-18/h2-5,10-11,14H,6-9,12H2,1H3,(H,26,32)(H,27,31). The zero-order chi connectivity index (χ0) is 25.2. The van der Waals surface area contributed by atoms with Crippen LogP contribution in [0.5, 0.6) is 11.5 Å². The first-order valence-corrected chi connectivity index (χ1v) is 12.1. The van der Waals surface area contributed by atoms with Crippen LogP contribution in [0.15, 0.2) is 36.4 Å². The van der Waals surface area contributed by atoms with Crippen molar-refractivity contribution in [3.8, 4) is 11.5 Å². The minimum atomic E-state index is -0.496. The van der Waals surface area contributed by atoms with E-state index < -0.39 is 11.7 Å². The van der Waals surface area contributed by atoms with E-state index in [2.05, 4.69) is 20.8 Å². The number of nitrogens with zero attached hydrogens (tertiary/aromatic N) is 3. The number of amides is 3. The lowest BCUT2D eigenvalue weighted by molar-refractivity contribution is -0.121. The highest BCUT2D eigenvalue weighted by atomic mass is 32.1. The molecule has 2 aromatic carbocycles. The summed E-state index contributed by atoms with van der Waals surface area (Å²) in [5.41, 5.74) is 1.49. The van der Waals surface area contributed by atoms with Crippen molar-refractivity contribution in [1.82, 2.24) is 15.1 Å². The van der Waals surface area contributed by atoms with Gasteiger partial charge in [-0.3, -0.25) is 14.4 Å². The zero-order valence-corrected chi connectivity index (χ0v) is 20.1. The molecular formula is C24H22FN5O5S. The number of aromatic nitrogens is 2. The number of benzene rings is 2. The normalized spacial score (nSPS) is 15.0. The molecule has 3 aromatic rings. The summed E-state index contributed by atoms with van der Waals surface area (Å²) in [6.07, 6.45) is 0.864. The fourth-order valence-electron chi connectivity index (χ4n) is 4.01. The second-order valence-electron chi connectivity index (χ2n) is 8.47. The van der Waals surface area contributed by atoms with Gasteiger partial charge in [0, 0.05) is 30.8 Å². The van der Waals surface area contributed by atoms with Gasteiger partial charge < -0.3 is 25.0 Å². The molecule has 2 aliphatic heterocycles. The van der Waals surface area contributed by atoms with Crippen LogP contribution in [-0.4, -0.2) is 52.7 Å². The van der Waals surface area contributed by atoms with Crippen LogP contribution in [0.3, 0.4) is 0 Å². The van der Waals surface area contributed by atoms with Gasteiger partial charge >= 0.3 is 0 Å². The first-order valence-electron chi connectivity index (χ1n) is 11.3. The molecule has 0 atom stereocenters. The van der Waals surface area contributed by atoms with E-state index in [0.29, 0.717) is 43.1 Å². The minimum Gasteiger partial charge on any atom is -0.454 e. The lowest BCUT2D eigenvalue weighted by Crippen LogP contribution is -2.41. The van der Waals surface area contributed by atoms with Crippen molar-refractivity contribution in [2.24, 2.45) is 5.92 Å². The quantitative estimate of drug-likeness (QED) is 0.538. The van der Waals surface area contributed by atoms with Gasteiger partial charge in [0.05, 0.1) is 5.69 Å². The SMILES string of the molecule is Cc1ccc(F)c(NC(=O)C2CCN(C(=O)c3nnc(C(=O)Nc4ccc5c(c4)OCO5)s3)CC2)c1. The fourth-order valence-corrected chi connectivity index (χ4v) is 4.72. The molecule has 0 saturated carbocycles. The summed E-state index contributed by atoms with van der Waals surface area (Å²) in [4.78, 5) is 39.6. The van der Waals surface area contributed by atoms with Gasteiger partial charge in [0.2, 0.25) is 22.7 Å². The monoisotopic (exact) mass is 511 g/mol. The Labute approximate surface area is 209 Å². The smallest absolute Gasteiger partial charge is 0.286 e. The summed E-state index contributed by atoms with van der Waals surface area (Å²) in [5, 5.41) is 13.2. The highest BCUT2D eigenvalue weighted by Crippen LogP contribution is 2.34. The number of piperidine rings is 1. The molecule has 1 aromatic heterocycles. The van der Waals surface area contributed by atoms with Crippen molar-refractivity contribution in [2.45, 2.75) is 19.8 Å². The molecule has 36 heavy (non-hydrogen) atoms.